The molecular weight excluding hydrogens is 179 g/mol. The highest BCUT2D eigenvalue weighted by molar-refractivity contribution is 5.29. The van der Waals surface area contributed by atoms with Gasteiger partial charge in [-0.25, -0.2) is 4.39 Å². The van der Waals surface area contributed by atoms with Crippen LogP contribution in [0.3, 0.4) is 0 Å². The second kappa shape index (κ2) is 3.35. The predicted octanol–water partition coefficient (Wildman–Crippen LogP) is 3.12. The van der Waals surface area contributed by atoms with Crippen molar-refractivity contribution in [2.75, 3.05) is 0 Å². The van der Waals surface area contributed by atoms with Gasteiger partial charge in [-0.3, -0.25) is 0 Å². The first kappa shape index (κ1) is 11.2. The van der Waals surface area contributed by atoms with E-state index in [0.717, 1.165) is 5.56 Å². The summed E-state index contributed by atoms with van der Waals surface area (Å²) in [5, 5.41) is 9.69. The topological polar surface area (TPSA) is 20.2 Å². The van der Waals surface area contributed by atoms with E-state index in [0.29, 0.717) is 5.56 Å². The lowest BCUT2D eigenvalue weighted by Crippen LogP contribution is -2.16. The zero-order valence-corrected chi connectivity index (χ0v) is 9.13. The molecular formula is C12H17FO. The Morgan fingerprint density at radius 2 is 1.29 bits per heavy atom. The lowest BCUT2D eigenvalue weighted by atomic mass is 9.93. The van der Waals surface area contributed by atoms with Gasteiger partial charge in [0.1, 0.15) is 5.67 Å². The van der Waals surface area contributed by atoms with Crippen LogP contribution in [0, 0.1) is 0 Å². The van der Waals surface area contributed by atoms with Gasteiger partial charge in [0.2, 0.25) is 0 Å². The molecule has 0 amide bonds. The highest BCUT2D eigenvalue weighted by atomic mass is 19.1. The number of hydrogen-bond donors (Lipinski definition) is 1. The zero-order valence-electron chi connectivity index (χ0n) is 9.13. The van der Waals surface area contributed by atoms with E-state index in [-0.39, 0.29) is 0 Å². The SMILES string of the molecule is CC(C)(O)c1ccc(C(C)(C)F)cc1. The molecule has 0 aliphatic carbocycles. The van der Waals surface area contributed by atoms with Crippen LogP contribution in [0.4, 0.5) is 4.39 Å². The van der Waals surface area contributed by atoms with Crippen LogP contribution in [0.15, 0.2) is 24.3 Å². The molecule has 2 heteroatoms. The van der Waals surface area contributed by atoms with Gasteiger partial charge < -0.3 is 5.11 Å². The fourth-order valence-electron chi connectivity index (χ4n) is 1.27. The smallest absolute Gasteiger partial charge is 0.130 e. The Morgan fingerprint density at radius 3 is 1.57 bits per heavy atom. The average Bonchev–Trinajstić information content (AvgIpc) is 2.01. The molecule has 0 radical (unpaired) electrons. The molecule has 0 atom stereocenters. The summed E-state index contributed by atoms with van der Waals surface area (Å²) >= 11 is 0. The van der Waals surface area contributed by atoms with E-state index < -0.39 is 11.3 Å². The summed E-state index contributed by atoms with van der Waals surface area (Å²) in [7, 11) is 0. The van der Waals surface area contributed by atoms with Gasteiger partial charge in [0.15, 0.2) is 0 Å². The molecule has 0 heterocycles. The van der Waals surface area contributed by atoms with Gasteiger partial charge in [-0.15, -0.1) is 0 Å². The molecule has 0 saturated carbocycles. The summed E-state index contributed by atoms with van der Waals surface area (Å²) in [6.45, 7) is 6.46. The van der Waals surface area contributed by atoms with Gasteiger partial charge in [0.25, 0.3) is 0 Å². The van der Waals surface area contributed by atoms with E-state index in [1.807, 2.05) is 0 Å². The van der Waals surface area contributed by atoms with E-state index in [1.54, 1.807) is 38.1 Å². The van der Waals surface area contributed by atoms with E-state index in [9.17, 15) is 9.50 Å². The van der Waals surface area contributed by atoms with Gasteiger partial charge >= 0.3 is 0 Å². The summed E-state index contributed by atoms with van der Waals surface area (Å²) in [6, 6.07) is 6.95. The third kappa shape index (κ3) is 2.55. The molecule has 0 aromatic heterocycles. The van der Waals surface area contributed by atoms with Crippen molar-refractivity contribution in [1.29, 1.82) is 0 Å². The molecule has 0 bridgehead atoms. The first-order valence-corrected chi connectivity index (χ1v) is 4.73. The monoisotopic (exact) mass is 196 g/mol. The van der Waals surface area contributed by atoms with Crippen LogP contribution < -0.4 is 0 Å². The third-order valence-electron chi connectivity index (χ3n) is 2.28. The summed E-state index contributed by atoms with van der Waals surface area (Å²) in [6.07, 6.45) is 0. The van der Waals surface area contributed by atoms with Gasteiger partial charge in [-0.2, -0.15) is 0 Å². The number of alkyl halides is 1. The van der Waals surface area contributed by atoms with E-state index in [4.69, 9.17) is 0 Å². The largest absolute Gasteiger partial charge is 0.386 e. The summed E-state index contributed by atoms with van der Waals surface area (Å²) in [5.41, 5.74) is -0.757. The molecule has 0 unspecified atom stereocenters. The normalized spacial score (nSPS) is 13.0. The summed E-state index contributed by atoms with van der Waals surface area (Å²) < 4.78 is 13.5. The molecule has 0 spiro atoms. The maximum absolute atomic E-state index is 13.5. The van der Waals surface area contributed by atoms with Crippen molar-refractivity contribution in [3.05, 3.63) is 35.4 Å². The Labute approximate surface area is 84.6 Å². The maximum atomic E-state index is 13.5. The average molecular weight is 196 g/mol. The quantitative estimate of drug-likeness (QED) is 0.770. The molecule has 0 aliphatic heterocycles. The van der Waals surface area contributed by atoms with Crippen molar-refractivity contribution in [1.82, 2.24) is 0 Å². The molecule has 1 N–H and O–H groups in total. The van der Waals surface area contributed by atoms with Crippen LogP contribution in [0.5, 0.6) is 0 Å². The standard InChI is InChI=1S/C12H17FO/c1-11(2,13)9-5-7-10(8-6-9)12(3,4)14/h5-8,14H,1-4H3. The Morgan fingerprint density at radius 1 is 0.929 bits per heavy atom. The number of benzene rings is 1. The Balaban J connectivity index is 3.02. The number of halogens is 1. The van der Waals surface area contributed by atoms with Crippen molar-refractivity contribution in [3.8, 4) is 0 Å². The maximum Gasteiger partial charge on any atom is 0.130 e. The summed E-state index contributed by atoms with van der Waals surface area (Å²) in [4.78, 5) is 0. The van der Waals surface area contributed by atoms with Crippen molar-refractivity contribution >= 4 is 0 Å². The van der Waals surface area contributed by atoms with E-state index in [1.165, 1.54) is 13.8 Å². The van der Waals surface area contributed by atoms with Crippen LogP contribution in [0.25, 0.3) is 0 Å². The van der Waals surface area contributed by atoms with Crippen molar-refractivity contribution in [2.45, 2.75) is 39.0 Å². The number of aliphatic hydroxyl groups is 1. The van der Waals surface area contributed by atoms with Gasteiger partial charge in [0.05, 0.1) is 5.60 Å². The zero-order chi connectivity index (χ0) is 11.0. The number of rotatable bonds is 2. The molecule has 78 valence electrons. The van der Waals surface area contributed by atoms with E-state index >= 15 is 0 Å². The van der Waals surface area contributed by atoms with Crippen LogP contribution in [0.2, 0.25) is 0 Å². The van der Waals surface area contributed by atoms with Crippen LogP contribution >= 0.6 is 0 Å². The molecule has 0 aliphatic rings. The first-order chi connectivity index (χ1) is 6.21. The second-order valence-electron chi connectivity index (χ2n) is 4.61. The van der Waals surface area contributed by atoms with Crippen LogP contribution in [-0.4, -0.2) is 5.11 Å². The van der Waals surface area contributed by atoms with Crippen molar-refractivity contribution in [2.24, 2.45) is 0 Å². The first-order valence-electron chi connectivity index (χ1n) is 4.73. The Bertz CT molecular complexity index is 268. The van der Waals surface area contributed by atoms with E-state index in [2.05, 4.69) is 0 Å². The predicted molar refractivity (Wildman–Crippen MR) is 55.8 cm³/mol. The minimum absolute atomic E-state index is 0.630. The van der Waals surface area contributed by atoms with Gasteiger partial charge in [0, 0.05) is 0 Å². The molecule has 1 rings (SSSR count). The minimum Gasteiger partial charge on any atom is -0.386 e. The fourth-order valence-corrected chi connectivity index (χ4v) is 1.27. The fraction of sp³-hybridized carbons (Fsp3) is 0.500. The Kier molecular flexibility index (Phi) is 2.68. The highest BCUT2D eigenvalue weighted by Gasteiger charge is 2.20. The minimum atomic E-state index is -1.32. The highest BCUT2D eigenvalue weighted by Crippen LogP contribution is 2.27. The lowest BCUT2D eigenvalue weighted by molar-refractivity contribution is 0.0784. The van der Waals surface area contributed by atoms with Crippen molar-refractivity contribution in [3.63, 3.8) is 0 Å². The molecule has 0 fully saturated rings. The molecule has 0 saturated heterocycles. The number of hydrogen-bond acceptors (Lipinski definition) is 1. The molecule has 1 nitrogen and oxygen atoms in total. The third-order valence-corrected chi connectivity index (χ3v) is 2.28. The summed E-state index contributed by atoms with van der Waals surface area (Å²) in [5.74, 6) is 0. The van der Waals surface area contributed by atoms with Crippen LogP contribution in [0.1, 0.15) is 38.8 Å². The van der Waals surface area contributed by atoms with Gasteiger partial charge in [-0.1, -0.05) is 24.3 Å². The lowest BCUT2D eigenvalue weighted by Gasteiger charge is -2.20. The van der Waals surface area contributed by atoms with Crippen LogP contribution in [-0.2, 0) is 11.3 Å². The molecule has 1 aromatic rings. The second-order valence-corrected chi connectivity index (χ2v) is 4.61. The van der Waals surface area contributed by atoms with Gasteiger partial charge in [-0.05, 0) is 38.8 Å². The molecule has 14 heavy (non-hydrogen) atoms. The molecule has 1 aromatic carbocycles. The van der Waals surface area contributed by atoms with Crippen molar-refractivity contribution < 1.29 is 9.50 Å². The Hall–Kier alpha value is -0.890.